The number of imidazole rings is 1. The molecule has 0 atom stereocenters. The molecule has 4 nitrogen and oxygen atoms in total. The van der Waals surface area contributed by atoms with Crippen LogP contribution in [0.4, 0.5) is 0 Å². The number of nitrogens with one attached hydrogen (secondary N) is 1. The summed E-state index contributed by atoms with van der Waals surface area (Å²) in [5, 5.41) is 0. The Bertz CT molecular complexity index is 846. The third-order valence-corrected chi connectivity index (χ3v) is 3.13. The molecular formula is C15H10N4. The number of hydrogen-bond acceptors (Lipinski definition) is 3. The van der Waals surface area contributed by atoms with Crippen LogP contribution in [0.25, 0.3) is 33.5 Å². The number of fused-ring (bicyclic) bond motifs is 2. The van der Waals surface area contributed by atoms with Gasteiger partial charge in [-0.3, -0.25) is 9.97 Å². The summed E-state index contributed by atoms with van der Waals surface area (Å²) in [6, 6.07) is 14.0. The average molecular weight is 246 g/mol. The van der Waals surface area contributed by atoms with E-state index in [2.05, 4.69) is 19.9 Å². The Labute approximate surface area is 109 Å². The second-order valence-corrected chi connectivity index (χ2v) is 4.36. The second-order valence-electron chi connectivity index (χ2n) is 4.36. The number of para-hydroxylation sites is 2. The predicted molar refractivity (Wildman–Crippen MR) is 74.6 cm³/mol. The summed E-state index contributed by atoms with van der Waals surface area (Å²) < 4.78 is 0. The van der Waals surface area contributed by atoms with Crippen LogP contribution in [-0.4, -0.2) is 19.9 Å². The summed E-state index contributed by atoms with van der Waals surface area (Å²) in [6.07, 6.45) is 3.40. The summed E-state index contributed by atoms with van der Waals surface area (Å²) in [7, 11) is 0. The summed E-state index contributed by atoms with van der Waals surface area (Å²) in [4.78, 5) is 16.5. The van der Waals surface area contributed by atoms with E-state index in [0.29, 0.717) is 0 Å². The first-order valence-electron chi connectivity index (χ1n) is 6.06. The normalized spacial score (nSPS) is 11.2. The molecule has 2 aromatic carbocycles. The maximum absolute atomic E-state index is 4.59. The largest absolute Gasteiger partial charge is 0.338 e. The first kappa shape index (κ1) is 10.2. The van der Waals surface area contributed by atoms with Gasteiger partial charge in [0.15, 0.2) is 0 Å². The highest BCUT2D eigenvalue weighted by atomic mass is 14.9. The van der Waals surface area contributed by atoms with Gasteiger partial charge in [0.25, 0.3) is 0 Å². The highest BCUT2D eigenvalue weighted by molar-refractivity contribution is 5.83. The average Bonchev–Trinajstić information content (AvgIpc) is 2.90. The van der Waals surface area contributed by atoms with Crippen LogP contribution >= 0.6 is 0 Å². The van der Waals surface area contributed by atoms with Crippen molar-refractivity contribution in [2.45, 2.75) is 0 Å². The number of H-pyrrole nitrogens is 1. The summed E-state index contributed by atoms with van der Waals surface area (Å²) in [5.74, 6) is 0.855. The molecule has 4 heteroatoms. The lowest BCUT2D eigenvalue weighted by atomic mass is 10.2. The minimum Gasteiger partial charge on any atom is -0.338 e. The van der Waals surface area contributed by atoms with Crippen molar-refractivity contribution in [3.63, 3.8) is 0 Å². The lowest BCUT2D eigenvalue weighted by Crippen LogP contribution is -1.85. The van der Waals surface area contributed by atoms with Gasteiger partial charge in [0.05, 0.1) is 22.1 Å². The molecule has 19 heavy (non-hydrogen) atoms. The lowest BCUT2D eigenvalue weighted by molar-refractivity contribution is 1.28. The highest BCUT2D eigenvalue weighted by Gasteiger charge is 2.06. The van der Waals surface area contributed by atoms with Crippen LogP contribution in [0.5, 0.6) is 0 Å². The van der Waals surface area contributed by atoms with Gasteiger partial charge in [0.1, 0.15) is 5.82 Å². The van der Waals surface area contributed by atoms with Crippen molar-refractivity contribution in [1.29, 1.82) is 0 Å². The van der Waals surface area contributed by atoms with Gasteiger partial charge >= 0.3 is 0 Å². The van der Waals surface area contributed by atoms with Gasteiger partial charge in [-0.05, 0) is 30.3 Å². The van der Waals surface area contributed by atoms with Crippen molar-refractivity contribution in [2.24, 2.45) is 0 Å². The first-order valence-corrected chi connectivity index (χ1v) is 6.06. The maximum Gasteiger partial charge on any atom is 0.138 e. The Morgan fingerprint density at radius 3 is 2.53 bits per heavy atom. The zero-order valence-corrected chi connectivity index (χ0v) is 10.0. The van der Waals surface area contributed by atoms with E-state index in [1.807, 2.05) is 42.5 Å². The Morgan fingerprint density at radius 2 is 1.63 bits per heavy atom. The number of aromatic nitrogens is 4. The molecule has 2 aromatic heterocycles. The van der Waals surface area contributed by atoms with Crippen molar-refractivity contribution >= 4 is 22.1 Å². The molecule has 0 saturated carbocycles. The molecule has 90 valence electrons. The van der Waals surface area contributed by atoms with E-state index in [1.165, 1.54) is 0 Å². The molecule has 0 saturated heterocycles. The van der Waals surface area contributed by atoms with E-state index in [9.17, 15) is 0 Å². The third-order valence-electron chi connectivity index (χ3n) is 3.13. The monoisotopic (exact) mass is 246 g/mol. The van der Waals surface area contributed by atoms with Gasteiger partial charge < -0.3 is 4.98 Å². The molecule has 0 fully saturated rings. The van der Waals surface area contributed by atoms with Crippen molar-refractivity contribution in [3.8, 4) is 11.4 Å². The number of benzene rings is 2. The Hall–Kier alpha value is -2.75. The number of rotatable bonds is 1. The van der Waals surface area contributed by atoms with Crippen molar-refractivity contribution in [3.05, 3.63) is 54.9 Å². The van der Waals surface area contributed by atoms with Gasteiger partial charge in [-0.25, -0.2) is 4.98 Å². The Morgan fingerprint density at radius 1 is 0.789 bits per heavy atom. The molecular weight excluding hydrogens is 236 g/mol. The zero-order chi connectivity index (χ0) is 12.7. The molecule has 4 aromatic rings. The minimum absolute atomic E-state index is 0.855. The minimum atomic E-state index is 0.855. The molecule has 0 spiro atoms. The van der Waals surface area contributed by atoms with Crippen LogP contribution in [0.15, 0.2) is 54.9 Å². The standard InChI is InChI=1S/C15H10N4/c1-2-4-13-12(3-1)18-15(19-13)10-5-6-11-14(9-10)17-8-7-16-11/h1-9H,(H,18,19). The van der Waals surface area contributed by atoms with Crippen LogP contribution in [0.1, 0.15) is 0 Å². The highest BCUT2D eigenvalue weighted by Crippen LogP contribution is 2.22. The number of hydrogen-bond donors (Lipinski definition) is 1. The van der Waals surface area contributed by atoms with E-state index < -0.39 is 0 Å². The Kier molecular flexibility index (Phi) is 2.08. The third kappa shape index (κ3) is 1.65. The van der Waals surface area contributed by atoms with Gasteiger partial charge in [-0.15, -0.1) is 0 Å². The van der Waals surface area contributed by atoms with Gasteiger partial charge in [0.2, 0.25) is 0 Å². The Balaban J connectivity index is 1.93. The quantitative estimate of drug-likeness (QED) is 0.561. The van der Waals surface area contributed by atoms with E-state index in [0.717, 1.165) is 33.5 Å². The fraction of sp³-hybridized carbons (Fsp3) is 0. The summed E-state index contributed by atoms with van der Waals surface area (Å²) >= 11 is 0. The van der Waals surface area contributed by atoms with Crippen molar-refractivity contribution in [2.75, 3.05) is 0 Å². The first-order chi connectivity index (χ1) is 9.40. The number of nitrogens with zero attached hydrogens (tertiary/aromatic N) is 3. The molecule has 0 aliphatic rings. The molecule has 0 bridgehead atoms. The van der Waals surface area contributed by atoms with Gasteiger partial charge in [0, 0.05) is 18.0 Å². The zero-order valence-electron chi connectivity index (χ0n) is 10.0. The van der Waals surface area contributed by atoms with Gasteiger partial charge in [-0.1, -0.05) is 12.1 Å². The molecule has 0 aliphatic carbocycles. The van der Waals surface area contributed by atoms with Crippen LogP contribution in [0, 0.1) is 0 Å². The topological polar surface area (TPSA) is 54.5 Å². The molecule has 0 unspecified atom stereocenters. The van der Waals surface area contributed by atoms with Crippen molar-refractivity contribution in [1.82, 2.24) is 19.9 Å². The maximum atomic E-state index is 4.59. The fourth-order valence-corrected chi connectivity index (χ4v) is 2.20. The van der Waals surface area contributed by atoms with Crippen LogP contribution in [-0.2, 0) is 0 Å². The fourth-order valence-electron chi connectivity index (χ4n) is 2.20. The summed E-state index contributed by atoms with van der Waals surface area (Å²) in [6.45, 7) is 0. The summed E-state index contributed by atoms with van der Waals surface area (Å²) in [5.41, 5.74) is 4.79. The molecule has 0 amide bonds. The number of aromatic amines is 1. The van der Waals surface area contributed by atoms with Crippen LogP contribution in [0.2, 0.25) is 0 Å². The SMILES string of the molecule is c1ccc2[nH]c(-c3ccc4nccnc4c3)nc2c1. The van der Waals surface area contributed by atoms with E-state index in [-0.39, 0.29) is 0 Å². The van der Waals surface area contributed by atoms with E-state index in [4.69, 9.17) is 0 Å². The van der Waals surface area contributed by atoms with Crippen LogP contribution in [0.3, 0.4) is 0 Å². The van der Waals surface area contributed by atoms with Gasteiger partial charge in [-0.2, -0.15) is 0 Å². The van der Waals surface area contributed by atoms with E-state index in [1.54, 1.807) is 12.4 Å². The smallest absolute Gasteiger partial charge is 0.138 e. The molecule has 4 rings (SSSR count). The van der Waals surface area contributed by atoms with E-state index >= 15 is 0 Å². The predicted octanol–water partition coefficient (Wildman–Crippen LogP) is 3.17. The lowest BCUT2D eigenvalue weighted by Gasteiger charge is -1.99. The second kappa shape index (κ2) is 3.88. The molecule has 1 N–H and O–H groups in total. The molecule has 0 aliphatic heterocycles. The molecule has 2 heterocycles. The van der Waals surface area contributed by atoms with Crippen LogP contribution < -0.4 is 0 Å². The molecule has 0 radical (unpaired) electrons. The van der Waals surface area contributed by atoms with Crippen molar-refractivity contribution < 1.29 is 0 Å².